The number of carbonyl (C=O) groups excluding carboxylic acids is 2. The summed E-state index contributed by atoms with van der Waals surface area (Å²) in [7, 11) is 0. The first kappa shape index (κ1) is 16.1. The molecule has 0 radical (unpaired) electrons. The summed E-state index contributed by atoms with van der Waals surface area (Å²) in [6, 6.07) is 11.8. The first-order valence-electron chi connectivity index (χ1n) is 7.42. The first-order valence-corrected chi connectivity index (χ1v) is 9.52. The zero-order valence-electron chi connectivity index (χ0n) is 12.8. The van der Waals surface area contributed by atoms with Gasteiger partial charge in [-0.15, -0.1) is 23.1 Å². The van der Waals surface area contributed by atoms with Gasteiger partial charge in [-0.25, -0.2) is 0 Å². The maximum Gasteiger partial charge on any atom is 0.227 e. The highest BCUT2D eigenvalue weighted by atomic mass is 32.2. The first-order chi connectivity index (χ1) is 11.2. The van der Waals surface area contributed by atoms with Gasteiger partial charge in [0, 0.05) is 28.4 Å². The van der Waals surface area contributed by atoms with Crippen LogP contribution in [0.3, 0.4) is 0 Å². The van der Waals surface area contributed by atoms with E-state index in [-0.39, 0.29) is 24.2 Å². The second-order valence-electron chi connectivity index (χ2n) is 5.40. The molecule has 1 atom stereocenters. The van der Waals surface area contributed by atoms with Crippen molar-refractivity contribution in [2.24, 2.45) is 5.92 Å². The third-order valence-electron chi connectivity index (χ3n) is 3.90. The Morgan fingerprint density at radius 2 is 2.13 bits per heavy atom. The third-order valence-corrected chi connectivity index (χ3v) is 5.52. The van der Waals surface area contributed by atoms with E-state index in [1.54, 1.807) is 28.0 Å². The van der Waals surface area contributed by atoms with Gasteiger partial charge in [0.25, 0.3) is 0 Å². The van der Waals surface area contributed by atoms with Gasteiger partial charge in [0.2, 0.25) is 11.8 Å². The van der Waals surface area contributed by atoms with E-state index in [4.69, 9.17) is 0 Å². The van der Waals surface area contributed by atoms with E-state index >= 15 is 0 Å². The minimum Gasteiger partial charge on any atom is -0.351 e. The Hall–Kier alpha value is -1.79. The Morgan fingerprint density at radius 3 is 2.78 bits per heavy atom. The minimum atomic E-state index is -0.275. The highest BCUT2D eigenvalue weighted by Gasteiger charge is 2.34. The Morgan fingerprint density at radius 1 is 1.35 bits per heavy atom. The van der Waals surface area contributed by atoms with Gasteiger partial charge in [-0.1, -0.05) is 6.07 Å². The molecule has 0 saturated carbocycles. The quantitative estimate of drug-likeness (QED) is 0.846. The molecule has 2 aromatic rings. The van der Waals surface area contributed by atoms with E-state index in [0.29, 0.717) is 13.1 Å². The molecule has 1 N–H and O–H groups in total. The van der Waals surface area contributed by atoms with Crippen LogP contribution in [0.4, 0.5) is 5.69 Å². The molecule has 6 heteroatoms. The van der Waals surface area contributed by atoms with Crippen LogP contribution in [0.15, 0.2) is 46.7 Å². The van der Waals surface area contributed by atoms with E-state index in [1.165, 1.54) is 0 Å². The summed E-state index contributed by atoms with van der Waals surface area (Å²) < 4.78 is 0. The summed E-state index contributed by atoms with van der Waals surface area (Å²) in [5, 5.41) is 4.91. The van der Waals surface area contributed by atoms with E-state index < -0.39 is 0 Å². The Balaban J connectivity index is 1.60. The molecule has 4 nitrogen and oxygen atoms in total. The summed E-state index contributed by atoms with van der Waals surface area (Å²) in [6.45, 7) is 0.983. The predicted octanol–water partition coefficient (Wildman–Crippen LogP) is 3.14. The minimum absolute atomic E-state index is 0.0122. The molecule has 1 aliphatic rings. The van der Waals surface area contributed by atoms with E-state index in [0.717, 1.165) is 15.5 Å². The monoisotopic (exact) mass is 346 g/mol. The molecule has 120 valence electrons. The molecule has 0 aliphatic carbocycles. The maximum absolute atomic E-state index is 12.3. The highest BCUT2D eigenvalue weighted by molar-refractivity contribution is 7.98. The Bertz CT molecular complexity index is 683. The molecule has 1 saturated heterocycles. The van der Waals surface area contributed by atoms with Gasteiger partial charge in [0.1, 0.15) is 0 Å². The molecule has 2 amide bonds. The van der Waals surface area contributed by atoms with E-state index in [1.807, 2.05) is 48.0 Å². The Kier molecular flexibility index (Phi) is 5.03. The van der Waals surface area contributed by atoms with Crippen molar-refractivity contribution >= 4 is 40.6 Å². The van der Waals surface area contributed by atoms with Crippen LogP contribution < -0.4 is 10.2 Å². The number of nitrogens with zero attached hydrogens (tertiary/aromatic N) is 1. The van der Waals surface area contributed by atoms with Crippen LogP contribution in [0.1, 0.15) is 11.3 Å². The lowest BCUT2D eigenvalue weighted by molar-refractivity contribution is -0.126. The zero-order chi connectivity index (χ0) is 16.2. The predicted molar refractivity (Wildman–Crippen MR) is 94.8 cm³/mol. The number of rotatable bonds is 5. The topological polar surface area (TPSA) is 49.4 Å². The zero-order valence-corrected chi connectivity index (χ0v) is 14.5. The largest absolute Gasteiger partial charge is 0.351 e. The lowest BCUT2D eigenvalue weighted by atomic mass is 10.1. The van der Waals surface area contributed by atoms with Crippen molar-refractivity contribution in [1.82, 2.24) is 5.32 Å². The normalized spacial score (nSPS) is 17.5. The molecule has 1 fully saturated rings. The molecular weight excluding hydrogens is 328 g/mol. The summed E-state index contributed by atoms with van der Waals surface area (Å²) in [4.78, 5) is 28.5. The number of amides is 2. The van der Waals surface area contributed by atoms with Crippen molar-refractivity contribution in [2.45, 2.75) is 17.9 Å². The molecule has 0 bridgehead atoms. The fraction of sp³-hybridized carbons (Fsp3) is 0.294. The molecule has 23 heavy (non-hydrogen) atoms. The van der Waals surface area contributed by atoms with Gasteiger partial charge in [-0.2, -0.15) is 0 Å². The van der Waals surface area contributed by atoms with Gasteiger partial charge >= 0.3 is 0 Å². The number of carbonyl (C=O) groups is 2. The van der Waals surface area contributed by atoms with Crippen molar-refractivity contribution in [3.8, 4) is 0 Å². The van der Waals surface area contributed by atoms with E-state index in [2.05, 4.69) is 5.32 Å². The van der Waals surface area contributed by atoms with Gasteiger partial charge < -0.3 is 10.2 Å². The second-order valence-corrected chi connectivity index (χ2v) is 7.31. The number of anilines is 1. The Labute approximate surface area is 143 Å². The van der Waals surface area contributed by atoms with Crippen LogP contribution in [-0.4, -0.2) is 24.6 Å². The van der Waals surface area contributed by atoms with Gasteiger partial charge in [0.15, 0.2) is 0 Å². The number of benzene rings is 1. The number of hydrogen-bond donors (Lipinski definition) is 1. The second kappa shape index (κ2) is 7.19. The molecule has 1 aliphatic heterocycles. The van der Waals surface area contributed by atoms with Crippen LogP contribution >= 0.6 is 23.1 Å². The van der Waals surface area contributed by atoms with Gasteiger partial charge in [-0.3, -0.25) is 9.59 Å². The highest BCUT2D eigenvalue weighted by Crippen LogP contribution is 2.27. The lowest BCUT2D eigenvalue weighted by Crippen LogP contribution is -2.32. The number of thioether (sulfide) groups is 1. The number of hydrogen-bond acceptors (Lipinski definition) is 4. The van der Waals surface area contributed by atoms with Crippen molar-refractivity contribution in [3.05, 3.63) is 46.7 Å². The smallest absolute Gasteiger partial charge is 0.227 e. The fourth-order valence-corrected chi connectivity index (χ4v) is 3.68. The van der Waals surface area contributed by atoms with E-state index in [9.17, 15) is 9.59 Å². The molecule has 2 heterocycles. The van der Waals surface area contributed by atoms with Crippen molar-refractivity contribution < 1.29 is 9.59 Å². The SMILES string of the molecule is CSc1ccc(N2CC(C(=O)NCc3cccs3)CC2=O)cc1. The number of nitrogens with one attached hydrogen (secondary N) is 1. The van der Waals surface area contributed by atoms with Crippen LogP contribution in [0.25, 0.3) is 0 Å². The van der Waals surface area contributed by atoms with Gasteiger partial charge in [-0.05, 0) is 42.0 Å². The molecule has 1 aromatic carbocycles. The van der Waals surface area contributed by atoms with Crippen LogP contribution in [0.5, 0.6) is 0 Å². The average molecular weight is 346 g/mol. The molecule has 1 unspecified atom stereocenters. The molecular formula is C17H18N2O2S2. The molecule has 1 aromatic heterocycles. The third kappa shape index (κ3) is 3.76. The van der Waals surface area contributed by atoms with Crippen LogP contribution in [0.2, 0.25) is 0 Å². The standard InChI is InChI=1S/C17H18N2O2S2/c1-22-14-6-4-13(5-7-14)19-11-12(9-16(19)20)17(21)18-10-15-3-2-8-23-15/h2-8,12H,9-11H2,1H3,(H,18,21). The summed E-state index contributed by atoms with van der Waals surface area (Å²) >= 11 is 3.28. The fourth-order valence-electron chi connectivity index (χ4n) is 2.63. The van der Waals surface area contributed by atoms with Gasteiger partial charge in [0.05, 0.1) is 12.5 Å². The average Bonchev–Trinajstić information content (AvgIpc) is 3.22. The number of thiophene rings is 1. The maximum atomic E-state index is 12.3. The molecule has 3 rings (SSSR count). The summed E-state index contributed by atoms with van der Waals surface area (Å²) in [5.41, 5.74) is 0.862. The summed E-state index contributed by atoms with van der Waals surface area (Å²) in [5.74, 6) is -0.309. The van der Waals surface area contributed by atoms with Crippen molar-refractivity contribution in [2.75, 3.05) is 17.7 Å². The molecule has 0 spiro atoms. The van der Waals surface area contributed by atoms with Crippen molar-refractivity contribution in [1.29, 1.82) is 0 Å². The van der Waals surface area contributed by atoms with Crippen LogP contribution in [0, 0.1) is 5.92 Å². The lowest BCUT2D eigenvalue weighted by Gasteiger charge is -2.17. The van der Waals surface area contributed by atoms with Crippen LogP contribution in [-0.2, 0) is 16.1 Å². The van der Waals surface area contributed by atoms with Crippen molar-refractivity contribution in [3.63, 3.8) is 0 Å². The summed E-state index contributed by atoms with van der Waals surface area (Å²) in [6.07, 6.45) is 2.30.